The van der Waals surface area contributed by atoms with Gasteiger partial charge in [0.05, 0.1) is 10.6 Å². The second-order valence-corrected chi connectivity index (χ2v) is 7.98. The predicted octanol–water partition coefficient (Wildman–Crippen LogP) is 0.704. The number of fused-ring (bicyclic) bond motifs is 1. The maximum atomic E-state index is 12.9. The number of benzene rings is 1. The molecule has 10 heteroatoms. The van der Waals surface area contributed by atoms with Gasteiger partial charge in [-0.05, 0) is 31.0 Å². The van der Waals surface area contributed by atoms with E-state index < -0.39 is 10.0 Å². The van der Waals surface area contributed by atoms with Gasteiger partial charge in [-0.25, -0.2) is 13.4 Å². The number of ether oxygens (including phenoxy) is 1. The van der Waals surface area contributed by atoms with Crippen molar-refractivity contribution < 1.29 is 17.9 Å². The number of H-pyrrole nitrogens is 1. The Kier molecular flexibility index (Phi) is 3.92. The van der Waals surface area contributed by atoms with Crippen molar-refractivity contribution in [2.75, 3.05) is 25.0 Å². The highest BCUT2D eigenvalue weighted by atomic mass is 32.2. The average Bonchev–Trinajstić information content (AvgIpc) is 3.16. The summed E-state index contributed by atoms with van der Waals surface area (Å²) in [5.74, 6) is 1.16. The van der Waals surface area contributed by atoms with Crippen LogP contribution in [0.5, 0.6) is 5.75 Å². The topological polar surface area (TPSA) is 117 Å². The lowest BCUT2D eigenvalue weighted by molar-refractivity contribution is -0.118. The van der Waals surface area contributed by atoms with Crippen LogP contribution < -0.4 is 10.1 Å². The Hall–Kier alpha value is -2.46. The SMILES string of the molecule is O=C1COc2ccc(S(=O)(=O)N3CCC(c4ncn[nH]4)CC3)cc2N1. The van der Waals surface area contributed by atoms with E-state index in [0.717, 1.165) is 5.82 Å². The van der Waals surface area contributed by atoms with Gasteiger partial charge < -0.3 is 10.1 Å². The van der Waals surface area contributed by atoms with Gasteiger partial charge in [0, 0.05) is 19.0 Å². The average molecular weight is 363 g/mol. The van der Waals surface area contributed by atoms with Gasteiger partial charge >= 0.3 is 0 Å². The molecule has 2 N–H and O–H groups in total. The molecule has 2 aliphatic rings. The largest absolute Gasteiger partial charge is 0.482 e. The van der Waals surface area contributed by atoms with Crippen molar-refractivity contribution in [3.05, 3.63) is 30.4 Å². The zero-order valence-corrected chi connectivity index (χ0v) is 14.1. The fourth-order valence-corrected chi connectivity index (χ4v) is 4.65. The van der Waals surface area contributed by atoms with E-state index in [0.29, 0.717) is 37.4 Å². The van der Waals surface area contributed by atoms with Gasteiger partial charge in [0.15, 0.2) is 6.61 Å². The maximum Gasteiger partial charge on any atom is 0.262 e. The summed E-state index contributed by atoms with van der Waals surface area (Å²) in [4.78, 5) is 15.7. The fourth-order valence-electron chi connectivity index (χ4n) is 3.15. The molecule has 1 aromatic carbocycles. The van der Waals surface area contributed by atoms with Crippen LogP contribution in [0.3, 0.4) is 0 Å². The van der Waals surface area contributed by atoms with Gasteiger partial charge in [0.25, 0.3) is 5.91 Å². The Morgan fingerprint density at radius 2 is 2.04 bits per heavy atom. The van der Waals surface area contributed by atoms with E-state index in [1.807, 2.05) is 0 Å². The Labute approximate surface area is 144 Å². The monoisotopic (exact) mass is 363 g/mol. The van der Waals surface area contributed by atoms with Crippen LogP contribution in [0.2, 0.25) is 0 Å². The quantitative estimate of drug-likeness (QED) is 0.829. The highest BCUT2D eigenvalue weighted by Gasteiger charge is 2.31. The van der Waals surface area contributed by atoms with Crippen LogP contribution >= 0.6 is 0 Å². The second kappa shape index (κ2) is 6.12. The van der Waals surface area contributed by atoms with E-state index >= 15 is 0 Å². The van der Waals surface area contributed by atoms with Gasteiger partial charge in [-0.1, -0.05) is 0 Å². The number of anilines is 1. The molecule has 132 valence electrons. The molecule has 3 heterocycles. The van der Waals surface area contributed by atoms with Gasteiger partial charge in [-0.15, -0.1) is 0 Å². The van der Waals surface area contributed by atoms with Crippen molar-refractivity contribution in [2.24, 2.45) is 0 Å². The summed E-state index contributed by atoms with van der Waals surface area (Å²) >= 11 is 0. The summed E-state index contributed by atoms with van der Waals surface area (Å²) in [6.45, 7) is 0.759. The molecule has 0 unspecified atom stereocenters. The van der Waals surface area contributed by atoms with E-state index in [1.165, 1.54) is 22.8 Å². The third kappa shape index (κ3) is 2.98. The zero-order chi connectivity index (χ0) is 17.4. The minimum Gasteiger partial charge on any atom is -0.482 e. The number of sulfonamides is 1. The molecule has 0 saturated carbocycles. The van der Waals surface area contributed by atoms with E-state index in [2.05, 4.69) is 20.5 Å². The summed E-state index contributed by atoms with van der Waals surface area (Å²) in [5, 5.41) is 9.33. The number of amides is 1. The van der Waals surface area contributed by atoms with Crippen LogP contribution in [0.15, 0.2) is 29.4 Å². The second-order valence-electron chi connectivity index (χ2n) is 6.04. The van der Waals surface area contributed by atoms with Crippen LogP contribution in [-0.2, 0) is 14.8 Å². The Morgan fingerprint density at radius 3 is 2.76 bits per heavy atom. The molecule has 1 aromatic heterocycles. The van der Waals surface area contributed by atoms with Crippen molar-refractivity contribution in [1.29, 1.82) is 0 Å². The summed E-state index contributed by atoms with van der Waals surface area (Å²) in [6.07, 6.45) is 2.82. The lowest BCUT2D eigenvalue weighted by atomic mass is 9.98. The number of piperidine rings is 1. The Morgan fingerprint density at radius 1 is 1.24 bits per heavy atom. The fraction of sp³-hybridized carbons (Fsp3) is 0.400. The normalized spacial score (nSPS) is 19.1. The molecule has 0 atom stereocenters. The first-order valence-corrected chi connectivity index (χ1v) is 9.40. The smallest absolute Gasteiger partial charge is 0.262 e. The van der Waals surface area contributed by atoms with Crippen LogP contribution in [-0.4, -0.2) is 53.5 Å². The van der Waals surface area contributed by atoms with Crippen LogP contribution in [0.25, 0.3) is 0 Å². The lowest BCUT2D eigenvalue weighted by Crippen LogP contribution is -2.38. The first-order valence-electron chi connectivity index (χ1n) is 7.96. The number of hydrogen-bond donors (Lipinski definition) is 2. The van der Waals surface area contributed by atoms with Gasteiger partial charge in [-0.2, -0.15) is 9.40 Å². The zero-order valence-electron chi connectivity index (χ0n) is 13.3. The molecule has 2 aromatic rings. The number of aromatic amines is 1. The molecule has 0 aliphatic carbocycles. The number of nitrogens with zero attached hydrogens (tertiary/aromatic N) is 3. The first kappa shape index (κ1) is 16.0. The Balaban J connectivity index is 1.52. The minimum atomic E-state index is -3.62. The molecular formula is C15H17N5O4S. The van der Waals surface area contributed by atoms with Crippen molar-refractivity contribution in [3.63, 3.8) is 0 Å². The highest BCUT2D eigenvalue weighted by molar-refractivity contribution is 7.89. The summed E-state index contributed by atoms with van der Waals surface area (Å²) in [7, 11) is -3.62. The van der Waals surface area contributed by atoms with Crippen LogP contribution in [0, 0.1) is 0 Å². The molecule has 25 heavy (non-hydrogen) atoms. The summed E-state index contributed by atoms with van der Waals surface area (Å²) < 4.78 is 32.5. The number of hydrogen-bond acceptors (Lipinski definition) is 6. The predicted molar refractivity (Wildman–Crippen MR) is 87.7 cm³/mol. The van der Waals surface area contributed by atoms with Gasteiger partial charge in [0.1, 0.15) is 17.9 Å². The number of carbonyl (C=O) groups excluding carboxylic acids is 1. The first-order chi connectivity index (χ1) is 12.0. The van der Waals surface area contributed by atoms with Crippen LogP contribution in [0.1, 0.15) is 24.6 Å². The molecule has 1 amide bonds. The van der Waals surface area contributed by atoms with E-state index in [4.69, 9.17) is 4.74 Å². The van der Waals surface area contributed by atoms with Crippen LogP contribution in [0.4, 0.5) is 5.69 Å². The van der Waals surface area contributed by atoms with Gasteiger partial charge in [-0.3, -0.25) is 9.89 Å². The summed E-state index contributed by atoms with van der Waals surface area (Å²) in [5.41, 5.74) is 0.383. The molecule has 0 bridgehead atoms. The highest BCUT2D eigenvalue weighted by Crippen LogP contribution is 2.33. The lowest BCUT2D eigenvalue weighted by Gasteiger charge is -2.30. The van der Waals surface area contributed by atoms with Crippen molar-refractivity contribution >= 4 is 21.6 Å². The molecule has 0 spiro atoms. The third-order valence-corrected chi connectivity index (χ3v) is 6.39. The maximum absolute atomic E-state index is 12.9. The number of carbonyl (C=O) groups is 1. The van der Waals surface area contributed by atoms with Crippen molar-refractivity contribution in [1.82, 2.24) is 19.5 Å². The molecule has 4 rings (SSSR count). The number of aromatic nitrogens is 3. The number of rotatable bonds is 3. The molecular weight excluding hydrogens is 346 g/mol. The third-order valence-electron chi connectivity index (χ3n) is 4.50. The molecule has 1 saturated heterocycles. The molecule has 1 fully saturated rings. The summed E-state index contributed by atoms with van der Waals surface area (Å²) in [6, 6.07) is 4.53. The molecule has 9 nitrogen and oxygen atoms in total. The van der Waals surface area contributed by atoms with Crippen molar-refractivity contribution in [3.8, 4) is 5.75 Å². The van der Waals surface area contributed by atoms with E-state index in [1.54, 1.807) is 6.07 Å². The Bertz CT molecular complexity index is 889. The molecule has 2 aliphatic heterocycles. The minimum absolute atomic E-state index is 0.0613. The standard InChI is InChI=1S/C15H17N5O4S/c21-14-8-24-13-2-1-11(7-12(13)18-14)25(22,23)20-5-3-10(4-6-20)15-16-9-17-19-15/h1-2,7,9-10H,3-6,8H2,(H,18,21)(H,16,17,19). The van der Waals surface area contributed by atoms with E-state index in [-0.39, 0.29) is 23.3 Å². The van der Waals surface area contributed by atoms with E-state index in [9.17, 15) is 13.2 Å². The van der Waals surface area contributed by atoms with Crippen molar-refractivity contribution in [2.45, 2.75) is 23.7 Å². The van der Waals surface area contributed by atoms with Gasteiger partial charge in [0.2, 0.25) is 10.0 Å². The molecule has 0 radical (unpaired) electrons. The number of nitrogens with one attached hydrogen (secondary N) is 2.